The van der Waals surface area contributed by atoms with Crippen LogP contribution >= 0.6 is 0 Å². The van der Waals surface area contributed by atoms with Gasteiger partial charge in [0, 0.05) is 24.2 Å². The van der Waals surface area contributed by atoms with Crippen LogP contribution in [0.15, 0.2) is 0 Å². The lowest BCUT2D eigenvalue weighted by molar-refractivity contribution is -0.244. The monoisotopic (exact) mass is 392 g/mol. The van der Waals surface area contributed by atoms with E-state index in [2.05, 4.69) is 6.92 Å². The Balaban J connectivity index is 1.33. The molecule has 0 radical (unpaired) electrons. The Morgan fingerprint density at radius 2 is 1.93 bits per heavy atom. The van der Waals surface area contributed by atoms with Crippen molar-refractivity contribution >= 4 is 5.78 Å². The molecule has 3 heterocycles. The van der Waals surface area contributed by atoms with Gasteiger partial charge in [0.1, 0.15) is 29.7 Å². The molecule has 154 valence electrons. The molecule has 0 amide bonds. The first-order chi connectivity index (χ1) is 13.4. The van der Waals surface area contributed by atoms with Gasteiger partial charge in [-0.2, -0.15) is 0 Å². The number of hydrogen-bond acceptors (Lipinski definition) is 7. The average Bonchev–Trinajstić information content (AvgIpc) is 3.55. The Bertz CT molecular complexity index is 764. The van der Waals surface area contributed by atoms with Gasteiger partial charge in [-0.1, -0.05) is 6.92 Å². The van der Waals surface area contributed by atoms with Crippen LogP contribution in [0.4, 0.5) is 0 Å². The van der Waals surface area contributed by atoms with Gasteiger partial charge in [-0.05, 0) is 31.1 Å². The van der Waals surface area contributed by atoms with Crippen molar-refractivity contribution in [2.45, 2.75) is 74.8 Å². The number of Topliss-reactive ketones (excluding diaryl/α,β-unsaturated/α-hetero) is 1. The molecule has 3 saturated heterocycles. The van der Waals surface area contributed by atoms with Crippen LogP contribution in [0.2, 0.25) is 0 Å². The number of aliphatic hydroxyl groups is 2. The third-order valence-electron chi connectivity index (χ3n) is 9.93. The van der Waals surface area contributed by atoms with Crippen LogP contribution in [0.25, 0.3) is 0 Å². The lowest BCUT2D eigenvalue weighted by Gasteiger charge is -2.59. The predicted molar refractivity (Wildman–Crippen MR) is 93.1 cm³/mol. The third-order valence-corrected chi connectivity index (χ3v) is 9.93. The summed E-state index contributed by atoms with van der Waals surface area (Å²) in [5.41, 5.74) is -1.62. The van der Waals surface area contributed by atoms with Crippen molar-refractivity contribution in [1.82, 2.24) is 0 Å². The maximum Gasteiger partial charge on any atom is 0.174 e. The maximum absolute atomic E-state index is 13.7. The molecule has 7 aliphatic rings. The first-order valence-corrected chi connectivity index (χ1v) is 10.9. The second kappa shape index (κ2) is 4.84. The Labute approximate surface area is 163 Å². The van der Waals surface area contributed by atoms with Crippen molar-refractivity contribution < 1.29 is 34.0 Å². The maximum atomic E-state index is 13.7. The summed E-state index contributed by atoms with van der Waals surface area (Å²) < 4.78 is 24.2. The van der Waals surface area contributed by atoms with Crippen molar-refractivity contribution in [3.8, 4) is 0 Å². The number of hydrogen-bond donors (Lipinski definition) is 2. The van der Waals surface area contributed by atoms with E-state index in [4.69, 9.17) is 18.9 Å². The number of ether oxygens (including phenoxy) is 4. The summed E-state index contributed by atoms with van der Waals surface area (Å²) in [5.74, 6) is -0.193. The Hall–Kier alpha value is -0.570. The summed E-state index contributed by atoms with van der Waals surface area (Å²) in [7, 11) is 0. The molecule has 0 aromatic carbocycles. The predicted octanol–water partition coefficient (Wildman–Crippen LogP) is 0.403. The van der Waals surface area contributed by atoms with E-state index in [1.54, 1.807) is 0 Å². The Morgan fingerprint density at radius 3 is 2.68 bits per heavy atom. The largest absolute Gasteiger partial charge is 0.396 e. The molecule has 0 aromatic heterocycles. The van der Waals surface area contributed by atoms with Gasteiger partial charge in [-0.3, -0.25) is 4.79 Å². The fraction of sp³-hybridized carbons (Fsp3) is 0.952. The summed E-state index contributed by atoms with van der Waals surface area (Å²) in [6.07, 6.45) is 2.38. The molecule has 0 unspecified atom stereocenters. The Kier molecular flexibility index (Phi) is 2.96. The standard InChI is InChI=1S/C21H28O7/c1-18-8-12(23)13-10(11(18)3-5-21(18)25-6-7-26-21)2-4-20-16(28-20)14(24)15-17(27-15)19(13,20)9-22/h10-11,13-17,22,24H,2-9H2,1H3/t10-,11-,13+,14+,15+,16-,17+,18-,19-,20-/m0/s1. The smallest absolute Gasteiger partial charge is 0.174 e. The number of ketones is 1. The van der Waals surface area contributed by atoms with Crippen LogP contribution in [0.1, 0.15) is 39.0 Å². The number of fused-ring (bicyclic) bond motifs is 7. The molecule has 3 aliphatic heterocycles. The molecule has 4 saturated carbocycles. The lowest BCUT2D eigenvalue weighted by atomic mass is 9.43. The zero-order valence-corrected chi connectivity index (χ0v) is 16.1. The van der Waals surface area contributed by atoms with Crippen LogP contribution in [0, 0.1) is 28.6 Å². The molecule has 2 N–H and O–H groups in total. The molecular weight excluding hydrogens is 364 g/mol. The van der Waals surface area contributed by atoms with E-state index in [0.717, 1.165) is 25.7 Å². The van der Waals surface area contributed by atoms with Crippen LogP contribution < -0.4 is 0 Å². The normalized spacial score (nSPS) is 62.5. The SMILES string of the molecule is C[C@]12CC(=O)[C@H]3[C@@H](CC[C@]45O[C@H]4[C@H](O)[C@H]4O[C@H]4[C@]35CO)[C@@H]1CCC21OCCO1. The van der Waals surface area contributed by atoms with Crippen LogP contribution in [0.3, 0.4) is 0 Å². The number of aliphatic hydroxyl groups excluding tert-OH is 2. The summed E-state index contributed by atoms with van der Waals surface area (Å²) in [4.78, 5) is 13.7. The third kappa shape index (κ3) is 1.54. The van der Waals surface area contributed by atoms with E-state index >= 15 is 0 Å². The van der Waals surface area contributed by atoms with Gasteiger partial charge in [-0.25, -0.2) is 0 Å². The van der Waals surface area contributed by atoms with Crippen LogP contribution in [-0.2, 0) is 23.7 Å². The molecule has 4 aliphatic carbocycles. The fourth-order valence-corrected chi connectivity index (χ4v) is 8.79. The highest BCUT2D eigenvalue weighted by Crippen LogP contribution is 2.76. The van der Waals surface area contributed by atoms with E-state index in [-0.39, 0.29) is 48.0 Å². The summed E-state index contributed by atoms with van der Waals surface area (Å²) in [6, 6.07) is 0. The first kappa shape index (κ1) is 17.1. The summed E-state index contributed by atoms with van der Waals surface area (Å²) in [5, 5.41) is 21.2. The molecule has 7 rings (SSSR count). The minimum atomic E-state index is -0.712. The topological polar surface area (TPSA) is 101 Å². The average molecular weight is 392 g/mol. The minimum absolute atomic E-state index is 0.119. The fourth-order valence-electron chi connectivity index (χ4n) is 8.79. The quantitative estimate of drug-likeness (QED) is 0.623. The number of rotatable bonds is 1. The molecule has 2 spiro atoms. The highest BCUT2D eigenvalue weighted by Gasteiger charge is 2.88. The molecule has 28 heavy (non-hydrogen) atoms. The van der Waals surface area contributed by atoms with E-state index in [9.17, 15) is 15.0 Å². The van der Waals surface area contributed by atoms with E-state index in [1.165, 1.54) is 0 Å². The number of carbonyl (C=O) groups is 1. The number of epoxide rings is 2. The van der Waals surface area contributed by atoms with Gasteiger partial charge in [-0.15, -0.1) is 0 Å². The number of carbonyl (C=O) groups excluding carboxylic acids is 1. The molecule has 7 heteroatoms. The highest BCUT2D eigenvalue weighted by molar-refractivity contribution is 5.85. The van der Waals surface area contributed by atoms with Crippen molar-refractivity contribution in [2.75, 3.05) is 19.8 Å². The van der Waals surface area contributed by atoms with Gasteiger partial charge in [0.25, 0.3) is 0 Å². The van der Waals surface area contributed by atoms with Crippen molar-refractivity contribution in [1.29, 1.82) is 0 Å². The molecule has 7 fully saturated rings. The zero-order valence-electron chi connectivity index (χ0n) is 16.1. The van der Waals surface area contributed by atoms with Gasteiger partial charge >= 0.3 is 0 Å². The van der Waals surface area contributed by atoms with Gasteiger partial charge in [0.05, 0.1) is 31.3 Å². The van der Waals surface area contributed by atoms with Crippen LogP contribution in [-0.4, -0.2) is 71.6 Å². The van der Waals surface area contributed by atoms with Gasteiger partial charge in [0.15, 0.2) is 5.79 Å². The summed E-state index contributed by atoms with van der Waals surface area (Å²) >= 11 is 0. The molecular formula is C21H28O7. The van der Waals surface area contributed by atoms with Crippen molar-refractivity contribution in [3.63, 3.8) is 0 Å². The lowest BCUT2D eigenvalue weighted by Crippen LogP contribution is -2.68. The summed E-state index contributed by atoms with van der Waals surface area (Å²) in [6.45, 7) is 3.25. The molecule has 7 nitrogen and oxygen atoms in total. The van der Waals surface area contributed by atoms with E-state index in [1.807, 2.05) is 0 Å². The molecule has 10 atom stereocenters. The van der Waals surface area contributed by atoms with E-state index < -0.39 is 22.9 Å². The van der Waals surface area contributed by atoms with Gasteiger partial charge in [0.2, 0.25) is 0 Å². The van der Waals surface area contributed by atoms with Crippen LogP contribution in [0.5, 0.6) is 0 Å². The Morgan fingerprint density at radius 1 is 1.14 bits per heavy atom. The first-order valence-electron chi connectivity index (χ1n) is 10.9. The van der Waals surface area contributed by atoms with Crippen molar-refractivity contribution in [3.05, 3.63) is 0 Å². The highest BCUT2D eigenvalue weighted by atomic mass is 16.7. The van der Waals surface area contributed by atoms with E-state index in [0.29, 0.717) is 25.6 Å². The molecule has 0 aromatic rings. The second-order valence-corrected chi connectivity index (χ2v) is 10.5. The second-order valence-electron chi connectivity index (χ2n) is 10.5. The van der Waals surface area contributed by atoms with Gasteiger partial charge < -0.3 is 29.2 Å². The minimum Gasteiger partial charge on any atom is -0.396 e. The zero-order chi connectivity index (χ0) is 19.1. The van der Waals surface area contributed by atoms with Crippen molar-refractivity contribution in [2.24, 2.45) is 28.6 Å². The molecule has 0 bridgehead atoms.